The van der Waals surface area contributed by atoms with Crippen molar-refractivity contribution in [3.63, 3.8) is 0 Å². The Morgan fingerprint density at radius 3 is 2.61 bits per heavy atom. The van der Waals surface area contributed by atoms with Crippen molar-refractivity contribution in [1.82, 2.24) is 9.80 Å². The van der Waals surface area contributed by atoms with Crippen LogP contribution in [0.1, 0.15) is 45.6 Å². The van der Waals surface area contributed by atoms with E-state index >= 15 is 0 Å². The third kappa shape index (κ3) is 3.69. The fourth-order valence-corrected chi connectivity index (χ4v) is 3.85. The fourth-order valence-electron chi connectivity index (χ4n) is 3.85. The van der Waals surface area contributed by atoms with Gasteiger partial charge in [-0.05, 0) is 52.1 Å². The highest BCUT2D eigenvalue weighted by atomic mass is 16.6. The summed E-state index contributed by atoms with van der Waals surface area (Å²) in [5.74, 6) is 0. The fraction of sp³-hybridized carbons (Fsp3) is 0.632. The Morgan fingerprint density at radius 1 is 1.17 bits per heavy atom. The zero-order valence-corrected chi connectivity index (χ0v) is 14.5. The van der Waals surface area contributed by atoms with E-state index in [1.165, 1.54) is 18.4 Å². The molecule has 126 valence electrons. The highest BCUT2D eigenvalue weighted by molar-refractivity contribution is 5.68. The summed E-state index contributed by atoms with van der Waals surface area (Å²) >= 11 is 0. The molecule has 3 rings (SSSR count). The van der Waals surface area contributed by atoms with Crippen molar-refractivity contribution >= 4 is 6.09 Å². The van der Waals surface area contributed by atoms with Gasteiger partial charge in [0.2, 0.25) is 0 Å². The standard InChI is InChI=1S/C19H28N2O2/c1-18(2,3)23-17(22)20-13-11-19(15-20)10-7-12-21(19)14-16-8-5-4-6-9-16/h4-6,8-9H,7,10-15H2,1-3H3/t19-/m1/s1. The molecular weight excluding hydrogens is 288 g/mol. The highest BCUT2D eigenvalue weighted by Crippen LogP contribution is 2.39. The van der Waals surface area contributed by atoms with Gasteiger partial charge >= 0.3 is 6.09 Å². The number of amides is 1. The maximum absolute atomic E-state index is 12.4. The molecule has 2 saturated heterocycles. The Morgan fingerprint density at radius 2 is 1.91 bits per heavy atom. The summed E-state index contributed by atoms with van der Waals surface area (Å²) in [7, 11) is 0. The van der Waals surface area contributed by atoms with Crippen molar-refractivity contribution in [3.05, 3.63) is 35.9 Å². The first-order valence-corrected chi connectivity index (χ1v) is 8.65. The molecule has 2 aliphatic rings. The summed E-state index contributed by atoms with van der Waals surface area (Å²) in [6, 6.07) is 10.6. The van der Waals surface area contributed by atoms with Gasteiger partial charge in [-0.2, -0.15) is 0 Å². The summed E-state index contributed by atoms with van der Waals surface area (Å²) < 4.78 is 5.55. The molecule has 1 aromatic rings. The average molecular weight is 316 g/mol. The van der Waals surface area contributed by atoms with Crippen LogP contribution in [0.5, 0.6) is 0 Å². The Labute approximate surface area is 139 Å². The monoisotopic (exact) mass is 316 g/mol. The lowest BCUT2D eigenvalue weighted by molar-refractivity contribution is 0.0255. The number of carbonyl (C=O) groups excluding carboxylic acids is 1. The van der Waals surface area contributed by atoms with E-state index in [-0.39, 0.29) is 11.6 Å². The van der Waals surface area contributed by atoms with Gasteiger partial charge in [0.15, 0.2) is 0 Å². The van der Waals surface area contributed by atoms with Crippen LogP contribution in [0.4, 0.5) is 4.79 Å². The maximum atomic E-state index is 12.4. The second-order valence-electron chi connectivity index (χ2n) is 7.89. The number of benzene rings is 1. The largest absolute Gasteiger partial charge is 0.444 e. The van der Waals surface area contributed by atoms with E-state index < -0.39 is 5.60 Å². The number of carbonyl (C=O) groups is 1. The zero-order chi connectivity index (χ0) is 16.5. The van der Waals surface area contributed by atoms with Crippen LogP contribution in [0.3, 0.4) is 0 Å². The Kier molecular flexibility index (Phi) is 4.37. The number of ether oxygens (including phenoxy) is 1. The minimum atomic E-state index is -0.424. The molecule has 0 bridgehead atoms. The number of hydrogen-bond donors (Lipinski definition) is 0. The van der Waals surface area contributed by atoms with Crippen molar-refractivity contribution in [2.45, 2.75) is 57.7 Å². The lowest BCUT2D eigenvalue weighted by Gasteiger charge is -2.35. The van der Waals surface area contributed by atoms with Crippen LogP contribution in [-0.2, 0) is 11.3 Å². The van der Waals surface area contributed by atoms with Crippen LogP contribution in [0, 0.1) is 0 Å². The molecule has 1 amide bonds. The van der Waals surface area contributed by atoms with Gasteiger partial charge < -0.3 is 9.64 Å². The summed E-state index contributed by atoms with van der Waals surface area (Å²) in [6.45, 7) is 9.48. The van der Waals surface area contributed by atoms with E-state index in [1.807, 2.05) is 25.7 Å². The number of likely N-dealkylation sites (tertiary alicyclic amines) is 2. The first-order valence-electron chi connectivity index (χ1n) is 8.65. The van der Waals surface area contributed by atoms with Crippen LogP contribution in [0.15, 0.2) is 30.3 Å². The van der Waals surface area contributed by atoms with Gasteiger partial charge in [0, 0.05) is 25.2 Å². The van der Waals surface area contributed by atoms with Gasteiger partial charge in [-0.1, -0.05) is 30.3 Å². The van der Waals surface area contributed by atoms with Gasteiger partial charge in [0.05, 0.1) is 0 Å². The van der Waals surface area contributed by atoms with Gasteiger partial charge in [-0.25, -0.2) is 4.79 Å². The van der Waals surface area contributed by atoms with Crippen molar-refractivity contribution in [2.75, 3.05) is 19.6 Å². The van der Waals surface area contributed by atoms with Crippen LogP contribution < -0.4 is 0 Å². The Hall–Kier alpha value is -1.55. The molecule has 2 aliphatic heterocycles. The Bertz CT molecular complexity index is 552. The topological polar surface area (TPSA) is 32.8 Å². The molecule has 0 saturated carbocycles. The summed E-state index contributed by atoms with van der Waals surface area (Å²) in [6.07, 6.45) is 3.29. The first kappa shape index (κ1) is 16.3. The minimum absolute atomic E-state index is 0.146. The smallest absolute Gasteiger partial charge is 0.410 e. The molecule has 4 nitrogen and oxygen atoms in total. The number of rotatable bonds is 2. The molecule has 0 aliphatic carbocycles. The molecule has 1 aromatic carbocycles. The molecule has 1 atom stereocenters. The molecule has 2 fully saturated rings. The third-order valence-corrected chi connectivity index (χ3v) is 4.94. The predicted octanol–water partition coefficient (Wildman–Crippen LogP) is 3.66. The SMILES string of the molecule is CC(C)(C)OC(=O)N1CC[C@]2(CCCN2Cc2ccccc2)C1. The number of nitrogens with zero attached hydrogens (tertiary/aromatic N) is 2. The molecule has 0 radical (unpaired) electrons. The normalized spacial score (nSPS) is 25.3. The average Bonchev–Trinajstić information content (AvgIpc) is 3.07. The van der Waals surface area contributed by atoms with Crippen LogP contribution >= 0.6 is 0 Å². The summed E-state index contributed by atoms with van der Waals surface area (Å²) in [5.41, 5.74) is 1.07. The van der Waals surface area contributed by atoms with Gasteiger partial charge in [-0.3, -0.25) is 4.90 Å². The predicted molar refractivity (Wildman–Crippen MR) is 91.2 cm³/mol. The molecule has 4 heteroatoms. The lowest BCUT2D eigenvalue weighted by atomic mass is 9.95. The van der Waals surface area contributed by atoms with E-state index in [0.29, 0.717) is 0 Å². The van der Waals surface area contributed by atoms with Crippen LogP contribution in [0.2, 0.25) is 0 Å². The molecule has 23 heavy (non-hydrogen) atoms. The molecule has 2 heterocycles. The highest BCUT2D eigenvalue weighted by Gasteiger charge is 2.47. The maximum Gasteiger partial charge on any atom is 0.410 e. The molecule has 1 spiro atoms. The van der Waals surface area contributed by atoms with E-state index in [1.54, 1.807) is 0 Å². The van der Waals surface area contributed by atoms with E-state index in [4.69, 9.17) is 4.74 Å². The van der Waals surface area contributed by atoms with Crippen molar-refractivity contribution in [3.8, 4) is 0 Å². The summed E-state index contributed by atoms with van der Waals surface area (Å²) in [5, 5.41) is 0. The lowest BCUT2D eigenvalue weighted by Crippen LogP contribution is -2.46. The molecule has 0 N–H and O–H groups in total. The second kappa shape index (κ2) is 6.16. The van der Waals surface area contributed by atoms with Crippen LogP contribution in [0.25, 0.3) is 0 Å². The first-order chi connectivity index (χ1) is 10.9. The molecule has 0 unspecified atom stereocenters. The van der Waals surface area contributed by atoms with Gasteiger partial charge in [0.1, 0.15) is 5.60 Å². The van der Waals surface area contributed by atoms with E-state index in [0.717, 1.165) is 32.6 Å². The summed E-state index contributed by atoms with van der Waals surface area (Å²) in [4.78, 5) is 16.8. The zero-order valence-electron chi connectivity index (χ0n) is 14.5. The quantitative estimate of drug-likeness (QED) is 0.835. The number of hydrogen-bond acceptors (Lipinski definition) is 3. The van der Waals surface area contributed by atoms with Crippen molar-refractivity contribution < 1.29 is 9.53 Å². The van der Waals surface area contributed by atoms with E-state index in [2.05, 4.69) is 35.2 Å². The second-order valence-corrected chi connectivity index (χ2v) is 7.89. The van der Waals surface area contributed by atoms with Gasteiger partial charge in [-0.15, -0.1) is 0 Å². The van der Waals surface area contributed by atoms with Crippen LogP contribution in [-0.4, -0.2) is 46.7 Å². The molecule has 0 aromatic heterocycles. The minimum Gasteiger partial charge on any atom is -0.444 e. The van der Waals surface area contributed by atoms with E-state index in [9.17, 15) is 4.79 Å². The van der Waals surface area contributed by atoms with Crippen molar-refractivity contribution in [1.29, 1.82) is 0 Å². The van der Waals surface area contributed by atoms with Gasteiger partial charge in [0.25, 0.3) is 0 Å². The molecular formula is C19H28N2O2. The Balaban J connectivity index is 1.66. The van der Waals surface area contributed by atoms with Crippen molar-refractivity contribution in [2.24, 2.45) is 0 Å². The third-order valence-electron chi connectivity index (χ3n) is 4.94.